The molecule has 7 heteroatoms. The highest BCUT2D eigenvalue weighted by atomic mass is 19.1. The summed E-state index contributed by atoms with van der Waals surface area (Å²) in [5, 5.41) is 11.5. The molecule has 1 aliphatic rings. The molecule has 0 radical (unpaired) electrons. The van der Waals surface area contributed by atoms with Crippen LogP contribution in [0.1, 0.15) is 19.3 Å². The fourth-order valence-corrected chi connectivity index (χ4v) is 2.38. The van der Waals surface area contributed by atoms with Gasteiger partial charge in [0.1, 0.15) is 5.82 Å². The van der Waals surface area contributed by atoms with Crippen molar-refractivity contribution < 1.29 is 9.13 Å². The fraction of sp³-hybridized carbons (Fsp3) is 0.462. The minimum atomic E-state index is -0.389. The van der Waals surface area contributed by atoms with Crippen molar-refractivity contribution in [2.75, 3.05) is 12.3 Å². The van der Waals surface area contributed by atoms with Crippen LogP contribution >= 0.6 is 0 Å². The summed E-state index contributed by atoms with van der Waals surface area (Å²) in [7, 11) is 0. The van der Waals surface area contributed by atoms with Gasteiger partial charge in [0, 0.05) is 12.3 Å². The van der Waals surface area contributed by atoms with E-state index in [-0.39, 0.29) is 11.9 Å². The predicted octanol–water partition coefficient (Wildman–Crippen LogP) is 1.63. The largest absolute Gasteiger partial charge is 0.399 e. The first-order valence-corrected chi connectivity index (χ1v) is 6.67. The molecule has 106 valence electrons. The molecule has 1 unspecified atom stereocenters. The Labute approximate surface area is 115 Å². The summed E-state index contributed by atoms with van der Waals surface area (Å²) in [6, 6.07) is 4.37. The van der Waals surface area contributed by atoms with Crippen LogP contribution in [0.15, 0.2) is 18.2 Å². The summed E-state index contributed by atoms with van der Waals surface area (Å²) in [6.07, 6.45) is 3.27. The first-order chi connectivity index (χ1) is 9.74. The molecule has 0 spiro atoms. The number of nitrogens with two attached hydrogens (primary N) is 1. The van der Waals surface area contributed by atoms with Gasteiger partial charge in [0.25, 0.3) is 0 Å². The maximum atomic E-state index is 13.9. The molecule has 0 aliphatic carbocycles. The predicted molar refractivity (Wildman–Crippen MR) is 71.2 cm³/mol. The molecular formula is C13H16FN5O. The fourth-order valence-electron chi connectivity index (χ4n) is 2.38. The number of benzene rings is 1. The summed E-state index contributed by atoms with van der Waals surface area (Å²) in [5.74, 6) is -0.0104. The Balaban J connectivity index is 1.87. The number of hydrogen-bond acceptors (Lipinski definition) is 5. The molecule has 0 saturated carbocycles. The maximum Gasteiger partial charge on any atom is 0.185 e. The number of hydrogen-bond donors (Lipinski definition) is 1. The van der Waals surface area contributed by atoms with E-state index < -0.39 is 0 Å². The van der Waals surface area contributed by atoms with Crippen molar-refractivity contribution in [3.05, 3.63) is 24.0 Å². The van der Waals surface area contributed by atoms with Crippen molar-refractivity contribution in [2.45, 2.75) is 31.9 Å². The van der Waals surface area contributed by atoms with Gasteiger partial charge in [-0.1, -0.05) is 0 Å². The molecule has 0 amide bonds. The molecule has 3 rings (SSSR count). The first-order valence-electron chi connectivity index (χ1n) is 6.67. The summed E-state index contributed by atoms with van der Waals surface area (Å²) in [5.41, 5.74) is 6.49. The molecule has 2 aromatic rings. The van der Waals surface area contributed by atoms with Crippen molar-refractivity contribution in [3.8, 4) is 11.4 Å². The van der Waals surface area contributed by atoms with Crippen LogP contribution in [0.25, 0.3) is 11.4 Å². The first kappa shape index (κ1) is 13.0. The van der Waals surface area contributed by atoms with Crippen LogP contribution < -0.4 is 5.73 Å². The van der Waals surface area contributed by atoms with Crippen molar-refractivity contribution in [1.29, 1.82) is 0 Å². The maximum absolute atomic E-state index is 13.9. The van der Waals surface area contributed by atoms with Gasteiger partial charge in [0.05, 0.1) is 18.2 Å². The zero-order valence-electron chi connectivity index (χ0n) is 11.0. The van der Waals surface area contributed by atoms with E-state index in [2.05, 4.69) is 15.5 Å². The van der Waals surface area contributed by atoms with Gasteiger partial charge in [-0.3, -0.25) is 0 Å². The summed E-state index contributed by atoms with van der Waals surface area (Å²) >= 11 is 0. The highest BCUT2D eigenvalue weighted by Crippen LogP contribution is 2.23. The summed E-state index contributed by atoms with van der Waals surface area (Å²) < 4.78 is 21.1. The molecule has 1 fully saturated rings. The van der Waals surface area contributed by atoms with Crippen LogP contribution in [-0.4, -0.2) is 32.9 Å². The van der Waals surface area contributed by atoms with Crippen LogP contribution in [0, 0.1) is 5.82 Å². The second kappa shape index (κ2) is 5.54. The monoisotopic (exact) mass is 277 g/mol. The number of ether oxygens (including phenoxy) is 1. The van der Waals surface area contributed by atoms with Crippen molar-refractivity contribution in [2.24, 2.45) is 0 Å². The Morgan fingerprint density at radius 3 is 3.10 bits per heavy atom. The number of nitrogen functional groups attached to an aromatic ring is 1. The zero-order chi connectivity index (χ0) is 13.9. The Morgan fingerprint density at radius 2 is 2.30 bits per heavy atom. The van der Waals surface area contributed by atoms with Crippen LogP contribution in [0.3, 0.4) is 0 Å². The Morgan fingerprint density at radius 1 is 1.40 bits per heavy atom. The lowest BCUT2D eigenvalue weighted by atomic mass is 10.1. The number of aromatic nitrogens is 4. The van der Waals surface area contributed by atoms with E-state index in [0.29, 0.717) is 23.6 Å². The van der Waals surface area contributed by atoms with Gasteiger partial charge < -0.3 is 10.5 Å². The quantitative estimate of drug-likeness (QED) is 0.863. The van der Waals surface area contributed by atoms with E-state index in [4.69, 9.17) is 10.5 Å². The molecule has 6 nitrogen and oxygen atoms in total. The van der Waals surface area contributed by atoms with Crippen LogP contribution in [0.2, 0.25) is 0 Å². The molecule has 1 aliphatic heterocycles. The summed E-state index contributed by atoms with van der Waals surface area (Å²) in [6.45, 7) is 1.28. The van der Waals surface area contributed by atoms with Gasteiger partial charge in [-0.2, -0.15) is 0 Å². The number of nitrogens with zero attached hydrogens (tertiary/aromatic N) is 4. The molecule has 1 saturated heterocycles. The zero-order valence-corrected chi connectivity index (χ0v) is 11.0. The second-order valence-corrected chi connectivity index (χ2v) is 4.91. The average molecular weight is 277 g/mol. The average Bonchev–Trinajstić information content (AvgIpc) is 2.91. The van der Waals surface area contributed by atoms with E-state index in [9.17, 15) is 4.39 Å². The Hall–Kier alpha value is -2.02. The van der Waals surface area contributed by atoms with Crippen LogP contribution in [0.4, 0.5) is 10.1 Å². The number of tetrazole rings is 1. The highest BCUT2D eigenvalue weighted by Gasteiger charge is 2.19. The van der Waals surface area contributed by atoms with Gasteiger partial charge in [-0.25, -0.2) is 9.07 Å². The van der Waals surface area contributed by atoms with E-state index >= 15 is 0 Å². The highest BCUT2D eigenvalue weighted by molar-refractivity contribution is 5.61. The number of anilines is 1. The van der Waals surface area contributed by atoms with Gasteiger partial charge >= 0.3 is 0 Å². The third kappa shape index (κ3) is 2.62. The van der Waals surface area contributed by atoms with E-state index in [1.54, 1.807) is 10.7 Å². The van der Waals surface area contributed by atoms with Crippen LogP contribution in [0.5, 0.6) is 0 Å². The van der Waals surface area contributed by atoms with E-state index in [1.807, 2.05) is 0 Å². The molecule has 0 bridgehead atoms. The minimum absolute atomic E-state index is 0.0788. The molecular weight excluding hydrogens is 261 g/mol. The lowest BCUT2D eigenvalue weighted by Gasteiger charge is -2.22. The van der Waals surface area contributed by atoms with Crippen molar-refractivity contribution in [3.63, 3.8) is 0 Å². The van der Waals surface area contributed by atoms with Crippen LogP contribution in [-0.2, 0) is 11.3 Å². The number of halogens is 1. The standard InChI is InChI=1S/C13H16FN5O/c14-12-5-4-9(15)7-11(12)13-16-17-18-19(13)8-10-3-1-2-6-20-10/h4-5,7,10H,1-3,6,8,15H2. The van der Waals surface area contributed by atoms with E-state index in [1.165, 1.54) is 12.1 Å². The number of rotatable bonds is 3. The van der Waals surface area contributed by atoms with Gasteiger partial charge in [0.2, 0.25) is 0 Å². The second-order valence-electron chi connectivity index (χ2n) is 4.91. The minimum Gasteiger partial charge on any atom is -0.399 e. The van der Waals surface area contributed by atoms with Gasteiger partial charge in [-0.15, -0.1) is 5.10 Å². The lowest BCUT2D eigenvalue weighted by Crippen LogP contribution is -2.25. The smallest absolute Gasteiger partial charge is 0.185 e. The Bertz CT molecular complexity index is 594. The SMILES string of the molecule is Nc1ccc(F)c(-c2nnnn2CC2CCCCO2)c1. The summed E-state index contributed by atoms with van der Waals surface area (Å²) in [4.78, 5) is 0. The molecule has 2 heterocycles. The Kier molecular flexibility index (Phi) is 3.60. The van der Waals surface area contributed by atoms with Crippen molar-refractivity contribution in [1.82, 2.24) is 20.2 Å². The molecule has 1 aromatic heterocycles. The lowest BCUT2D eigenvalue weighted by molar-refractivity contribution is 0.00396. The molecule has 2 N–H and O–H groups in total. The van der Waals surface area contributed by atoms with Crippen molar-refractivity contribution >= 4 is 5.69 Å². The molecule has 20 heavy (non-hydrogen) atoms. The van der Waals surface area contributed by atoms with Gasteiger partial charge in [-0.05, 0) is 47.9 Å². The third-order valence-corrected chi connectivity index (χ3v) is 3.41. The molecule has 1 atom stereocenters. The topological polar surface area (TPSA) is 78.9 Å². The van der Waals surface area contributed by atoms with E-state index in [0.717, 1.165) is 25.9 Å². The third-order valence-electron chi connectivity index (χ3n) is 3.41. The molecule has 1 aromatic carbocycles. The normalized spacial score (nSPS) is 19.1. The van der Waals surface area contributed by atoms with Gasteiger partial charge in [0.15, 0.2) is 5.82 Å².